The summed E-state index contributed by atoms with van der Waals surface area (Å²) in [4.78, 5) is 5.16. The van der Waals surface area contributed by atoms with Crippen molar-refractivity contribution in [1.29, 1.82) is 0 Å². The van der Waals surface area contributed by atoms with E-state index in [1.54, 1.807) is 11.3 Å². The molecule has 56 valence electrons. The summed E-state index contributed by atoms with van der Waals surface area (Å²) in [5.41, 5.74) is 7.64. The molecule has 2 nitrogen and oxygen atoms in total. The maximum atomic E-state index is 5.82. The summed E-state index contributed by atoms with van der Waals surface area (Å²) in [5.74, 6) is 0. The molecular formula is C7H12N2S. The molecule has 0 fully saturated rings. The normalized spacial score (nSPS) is 13.4. The molecule has 10 heavy (non-hydrogen) atoms. The van der Waals surface area contributed by atoms with Gasteiger partial charge >= 0.3 is 0 Å². The van der Waals surface area contributed by atoms with Crippen LogP contribution in [0.1, 0.15) is 30.7 Å². The van der Waals surface area contributed by atoms with Crippen LogP contribution in [0.5, 0.6) is 0 Å². The van der Waals surface area contributed by atoms with Crippen LogP contribution >= 0.6 is 11.3 Å². The van der Waals surface area contributed by atoms with E-state index >= 15 is 0 Å². The fourth-order valence-electron chi connectivity index (χ4n) is 0.862. The van der Waals surface area contributed by atoms with Crippen molar-refractivity contribution >= 4 is 11.3 Å². The molecule has 0 unspecified atom stereocenters. The minimum atomic E-state index is 0.206. The number of hydrogen-bond acceptors (Lipinski definition) is 3. The Kier molecular flexibility index (Phi) is 2.83. The van der Waals surface area contributed by atoms with Gasteiger partial charge in [0, 0.05) is 17.1 Å². The van der Waals surface area contributed by atoms with E-state index in [0.29, 0.717) is 0 Å². The molecule has 0 aliphatic carbocycles. The van der Waals surface area contributed by atoms with Crippen LogP contribution in [0.3, 0.4) is 0 Å². The van der Waals surface area contributed by atoms with Gasteiger partial charge in [-0.25, -0.2) is 0 Å². The van der Waals surface area contributed by atoms with Gasteiger partial charge in [-0.1, -0.05) is 13.3 Å². The van der Waals surface area contributed by atoms with E-state index in [2.05, 4.69) is 11.9 Å². The molecule has 0 aliphatic rings. The molecule has 1 heterocycles. The smallest absolute Gasteiger partial charge is 0.0794 e. The Morgan fingerprint density at radius 3 is 3.10 bits per heavy atom. The molecule has 1 rings (SSSR count). The van der Waals surface area contributed by atoms with Crippen molar-refractivity contribution in [2.45, 2.75) is 25.8 Å². The number of aromatic nitrogens is 1. The molecule has 0 radical (unpaired) electrons. The molecular weight excluding hydrogens is 144 g/mol. The van der Waals surface area contributed by atoms with Crippen molar-refractivity contribution in [3.8, 4) is 0 Å². The van der Waals surface area contributed by atoms with Crippen LogP contribution in [0.15, 0.2) is 11.7 Å². The van der Waals surface area contributed by atoms with Crippen LogP contribution in [-0.4, -0.2) is 4.98 Å². The fourth-order valence-corrected chi connectivity index (χ4v) is 1.52. The van der Waals surface area contributed by atoms with Gasteiger partial charge in [-0.2, -0.15) is 0 Å². The van der Waals surface area contributed by atoms with Crippen LogP contribution in [0.25, 0.3) is 0 Å². The van der Waals surface area contributed by atoms with Gasteiger partial charge in [0.15, 0.2) is 0 Å². The summed E-state index contributed by atoms with van der Waals surface area (Å²) in [6, 6.07) is 0.206. The molecule has 0 bridgehead atoms. The minimum absolute atomic E-state index is 0.206. The first-order chi connectivity index (χ1) is 4.84. The molecule has 1 aromatic rings. The number of hydrogen-bond donors (Lipinski definition) is 1. The van der Waals surface area contributed by atoms with Crippen molar-refractivity contribution in [1.82, 2.24) is 4.98 Å². The fraction of sp³-hybridized carbons (Fsp3) is 0.571. The average Bonchev–Trinajstić information content (AvgIpc) is 2.38. The van der Waals surface area contributed by atoms with E-state index in [0.717, 1.165) is 12.8 Å². The Hall–Kier alpha value is -0.410. The number of thiazole rings is 1. The molecule has 1 atom stereocenters. The highest BCUT2D eigenvalue weighted by Crippen LogP contribution is 2.18. The minimum Gasteiger partial charge on any atom is -0.323 e. The summed E-state index contributed by atoms with van der Waals surface area (Å²) >= 11 is 1.63. The van der Waals surface area contributed by atoms with E-state index in [4.69, 9.17) is 5.73 Å². The van der Waals surface area contributed by atoms with Gasteiger partial charge in [-0.15, -0.1) is 11.3 Å². The molecule has 0 aromatic carbocycles. The molecule has 1 aromatic heterocycles. The second-order valence-electron chi connectivity index (χ2n) is 2.30. The standard InChI is InChI=1S/C7H12N2S/c1-2-3-6(8)7-4-9-5-10-7/h4-6H,2-3,8H2,1H3/t6-/m1/s1. The average molecular weight is 156 g/mol. The quantitative estimate of drug-likeness (QED) is 0.726. The Morgan fingerprint density at radius 2 is 2.60 bits per heavy atom. The second-order valence-corrected chi connectivity index (χ2v) is 3.22. The maximum absolute atomic E-state index is 5.82. The summed E-state index contributed by atoms with van der Waals surface area (Å²) in [5, 5.41) is 0. The van der Waals surface area contributed by atoms with E-state index in [9.17, 15) is 0 Å². The Labute approximate surface area is 65.1 Å². The van der Waals surface area contributed by atoms with Gasteiger partial charge in [0.05, 0.1) is 5.51 Å². The maximum Gasteiger partial charge on any atom is 0.0794 e. The molecule has 0 amide bonds. The van der Waals surface area contributed by atoms with Crippen LogP contribution in [0.4, 0.5) is 0 Å². The first-order valence-corrected chi connectivity index (χ1v) is 4.36. The molecule has 0 saturated heterocycles. The highest BCUT2D eigenvalue weighted by molar-refractivity contribution is 7.09. The lowest BCUT2D eigenvalue weighted by atomic mass is 10.2. The SMILES string of the molecule is CCC[C@@H](N)c1cncs1. The zero-order valence-corrected chi connectivity index (χ0v) is 6.90. The number of nitrogens with two attached hydrogens (primary N) is 1. The Balaban J connectivity index is 2.50. The molecule has 3 heteroatoms. The summed E-state index contributed by atoms with van der Waals surface area (Å²) < 4.78 is 0. The summed E-state index contributed by atoms with van der Waals surface area (Å²) in [6.07, 6.45) is 4.05. The number of rotatable bonds is 3. The van der Waals surface area contributed by atoms with Gasteiger partial charge in [0.1, 0.15) is 0 Å². The van der Waals surface area contributed by atoms with Crippen LogP contribution in [-0.2, 0) is 0 Å². The monoisotopic (exact) mass is 156 g/mol. The lowest BCUT2D eigenvalue weighted by Crippen LogP contribution is -2.07. The zero-order chi connectivity index (χ0) is 7.40. The van der Waals surface area contributed by atoms with E-state index < -0.39 is 0 Å². The Morgan fingerprint density at radius 1 is 1.80 bits per heavy atom. The summed E-state index contributed by atoms with van der Waals surface area (Å²) in [7, 11) is 0. The number of nitrogens with zero attached hydrogens (tertiary/aromatic N) is 1. The molecule has 0 saturated carbocycles. The van der Waals surface area contributed by atoms with Crippen LogP contribution < -0.4 is 5.73 Å². The van der Waals surface area contributed by atoms with Gasteiger partial charge in [0.25, 0.3) is 0 Å². The first kappa shape index (κ1) is 7.69. The predicted octanol–water partition coefficient (Wildman–Crippen LogP) is 1.94. The van der Waals surface area contributed by atoms with Gasteiger partial charge in [-0.05, 0) is 6.42 Å². The Bertz CT molecular complexity index is 172. The molecule has 2 N–H and O–H groups in total. The third-order valence-electron chi connectivity index (χ3n) is 1.42. The first-order valence-electron chi connectivity index (χ1n) is 3.48. The van der Waals surface area contributed by atoms with Gasteiger partial charge in [-0.3, -0.25) is 4.98 Å². The predicted molar refractivity (Wildman–Crippen MR) is 44.0 cm³/mol. The van der Waals surface area contributed by atoms with E-state index in [-0.39, 0.29) is 6.04 Å². The van der Waals surface area contributed by atoms with E-state index in [1.165, 1.54) is 4.88 Å². The highest BCUT2D eigenvalue weighted by Gasteiger charge is 2.04. The van der Waals surface area contributed by atoms with Crippen molar-refractivity contribution in [2.75, 3.05) is 0 Å². The molecule has 0 aliphatic heterocycles. The van der Waals surface area contributed by atoms with Crippen molar-refractivity contribution in [3.63, 3.8) is 0 Å². The third kappa shape index (κ3) is 1.78. The topological polar surface area (TPSA) is 38.9 Å². The van der Waals surface area contributed by atoms with Crippen LogP contribution in [0, 0.1) is 0 Å². The summed E-state index contributed by atoms with van der Waals surface area (Å²) in [6.45, 7) is 2.14. The van der Waals surface area contributed by atoms with Gasteiger partial charge in [0.2, 0.25) is 0 Å². The van der Waals surface area contributed by atoms with Gasteiger partial charge < -0.3 is 5.73 Å². The highest BCUT2D eigenvalue weighted by atomic mass is 32.1. The van der Waals surface area contributed by atoms with E-state index in [1.807, 2.05) is 11.7 Å². The largest absolute Gasteiger partial charge is 0.323 e. The third-order valence-corrected chi connectivity index (χ3v) is 2.32. The molecule has 0 spiro atoms. The van der Waals surface area contributed by atoms with Crippen molar-refractivity contribution in [2.24, 2.45) is 5.73 Å². The van der Waals surface area contributed by atoms with Crippen molar-refractivity contribution in [3.05, 3.63) is 16.6 Å². The lowest BCUT2D eigenvalue weighted by molar-refractivity contribution is 0.647. The lowest BCUT2D eigenvalue weighted by Gasteiger charge is -2.04. The van der Waals surface area contributed by atoms with Crippen LogP contribution in [0.2, 0.25) is 0 Å². The zero-order valence-electron chi connectivity index (χ0n) is 6.08. The second kappa shape index (κ2) is 3.68. The van der Waals surface area contributed by atoms with Crippen molar-refractivity contribution < 1.29 is 0 Å².